The van der Waals surface area contributed by atoms with Gasteiger partial charge in [0, 0.05) is 36.4 Å². The molecule has 18 heavy (non-hydrogen) atoms. The number of carbonyl (C=O) groups excluding carboxylic acids is 1. The molecular formula is C15H14N2O. The minimum Gasteiger partial charge on any atom is -0.289 e. The molecule has 3 heteroatoms. The topological polar surface area (TPSA) is 34.9 Å². The Hall–Kier alpha value is -2.16. The fourth-order valence-corrected chi connectivity index (χ4v) is 2.43. The van der Waals surface area contributed by atoms with E-state index in [4.69, 9.17) is 0 Å². The Balaban J connectivity index is 2.02. The zero-order valence-electron chi connectivity index (χ0n) is 10.5. The molecule has 0 fully saturated rings. The lowest BCUT2D eigenvalue weighted by atomic mass is 10.1. The molecule has 1 aliphatic rings. The summed E-state index contributed by atoms with van der Waals surface area (Å²) in [5, 5.41) is 4.11. The number of benzene rings is 1. The molecule has 0 aliphatic heterocycles. The van der Waals surface area contributed by atoms with Crippen LogP contribution in [0.15, 0.2) is 36.2 Å². The average molecular weight is 238 g/mol. The number of hydrogen-bond donors (Lipinski definition) is 0. The van der Waals surface area contributed by atoms with Crippen LogP contribution in [0.3, 0.4) is 0 Å². The van der Waals surface area contributed by atoms with E-state index >= 15 is 0 Å². The van der Waals surface area contributed by atoms with E-state index in [1.54, 1.807) is 10.9 Å². The van der Waals surface area contributed by atoms with Gasteiger partial charge in [-0.25, -0.2) is 0 Å². The summed E-state index contributed by atoms with van der Waals surface area (Å²) in [7, 11) is 1.87. The van der Waals surface area contributed by atoms with Crippen LogP contribution in [0.1, 0.15) is 27.0 Å². The minimum atomic E-state index is 0.151. The third-order valence-corrected chi connectivity index (χ3v) is 3.38. The van der Waals surface area contributed by atoms with Crippen LogP contribution in [0.5, 0.6) is 0 Å². The summed E-state index contributed by atoms with van der Waals surface area (Å²) >= 11 is 0. The van der Waals surface area contributed by atoms with Crippen molar-refractivity contribution in [2.24, 2.45) is 7.05 Å². The highest BCUT2D eigenvalue weighted by Crippen LogP contribution is 2.29. The lowest BCUT2D eigenvalue weighted by Crippen LogP contribution is -1.94. The van der Waals surface area contributed by atoms with E-state index in [0.717, 1.165) is 28.7 Å². The summed E-state index contributed by atoms with van der Waals surface area (Å²) in [5.74, 6) is 0.151. The number of aromatic nitrogens is 2. The fraction of sp³-hybridized carbons (Fsp3) is 0.200. The monoisotopic (exact) mass is 238 g/mol. The molecule has 2 aromatic rings. The molecule has 0 radical (unpaired) electrons. The molecule has 0 atom stereocenters. The van der Waals surface area contributed by atoms with Crippen molar-refractivity contribution in [1.29, 1.82) is 0 Å². The van der Waals surface area contributed by atoms with Gasteiger partial charge in [0.2, 0.25) is 0 Å². The van der Waals surface area contributed by atoms with Crippen molar-refractivity contribution in [3.05, 3.63) is 58.4 Å². The van der Waals surface area contributed by atoms with Gasteiger partial charge >= 0.3 is 0 Å². The number of carbonyl (C=O) groups is 1. The first-order valence-corrected chi connectivity index (χ1v) is 5.97. The largest absolute Gasteiger partial charge is 0.289 e. The molecule has 1 aliphatic carbocycles. The van der Waals surface area contributed by atoms with Gasteiger partial charge in [0.15, 0.2) is 5.78 Å². The van der Waals surface area contributed by atoms with Crippen LogP contribution in [-0.2, 0) is 13.5 Å². The van der Waals surface area contributed by atoms with Gasteiger partial charge in [0.05, 0.1) is 6.20 Å². The van der Waals surface area contributed by atoms with E-state index in [9.17, 15) is 4.79 Å². The summed E-state index contributed by atoms with van der Waals surface area (Å²) in [6, 6.07) is 5.91. The van der Waals surface area contributed by atoms with Crippen LogP contribution >= 0.6 is 0 Å². The van der Waals surface area contributed by atoms with E-state index in [0.29, 0.717) is 0 Å². The van der Waals surface area contributed by atoms with Crippen LogP contribution in [0.4, 0.5) is 0 Å². The lowest BCUT2D eigenvalue weighted by molar-refractivity contribution is 0.104. The summed E-state index contributed by atoms with van der Waals surface area (Å²) in [6.45, 7) is 2.05. The van der Waals surface area contributed by atoms with Crippen molar-refractivity contribution >= 4 is 11.9 Å². The molecule has 1 aromatic carbocycles. The van der Waals surface area contributed by atoms with Crippen LogP contribution in [0.25, 0.3) is 6.08 Å². The Morgan fingerprint density at radius 1 is 1.39 bits per heavy atom. The molecule has 0 bridgehead atoms. The van der Waals surface area contributed by atoms with Gasteiger partial charge in [-0.05, 0) is 24.1 Å². The Morgan fingerprint density at radius 2 is 2.22 bits per heavy atom. The molecule has 3 nitrogen and oxygen atoms in total. The van der Waals surface area contributed by atoms with E-state index in [-0.39, 0.29) is 5.78 Å². The predicted molar refractivity (Wildman–Crippen MR) is 70.4 cm³/mol. The van der Waals surface area contributed by atoms with Gasteiger partial charge in [-0.2, -0.15) is 5.10 Å². The molecule has 0 saturated heterocycles. The number of allylic oxidation sites excluding steroid dienone is 1. The second kappa shape index (κ2) is 3.95. The zero-order valence-corrected chi connectivity index (χ0v) is 10.5. The smallest absolute Gasteiger partial charge is 0.189 e. The van der Waals surface area contributed by atoms with Crippen LogP contribution in [0.2, 0.25) is 0 Å². The van der Waals surface area contributed by atoms with Crippen molar-refractivity contribution < 1.29 is 4.79 Å². The van der Waals surface area contributed by atoms with Gasteiger partial charge in [0.1, 0.15) is 0 Å². The summed E-state index contributed by atoms with van der Waals surface area (Å²) in [5.41, 5.74) is 5.04. The first-order valence-electron chi connectivity index (χ1n) is 5.97. The van der Waals surface area contributed by atoms with Gasteiger partial charge < -0.3 is 0 Å². The number of Topliss-reactive ketones (excluding diaryl/α,β-unsaturated/α-hetero) is 1. The van der Waals surface area contributed by atoms with Crippen molar-refractivity contribution in [2.75, 3.05) is 0 Å². The molecule has 90 valence electrons. The third kappa shape index (κ3) is 1.68. The molecule has 3 rings (SSSR count). The molecule has 0 saturated carbocycles. The zero-order chi connectivity index (χ0) is 12.7. The first-order chi connectivity index (χ1) is 8.65. The van der Waals surface area contributed by atoms with E-state index in [2.05, 4.69) is 18.1 Å². The molecular weight excluding hydrogens is 224 g/mol. The normalized spacial score (nSPS) is 16.3. The lowest BCUT2D eigenvalue weighted by Gasteiger charge is -1.99. The molecule has 0 spiro atoms. The third-order valence-electron chi connectivity index (χ3n) is 3.38. The van der Waals surface area contributed by atoms with Crippen molar-refractivity contribution in [1.82, 2.24) is 9.78 Å². The maximum Gasteiger partial charge on any atom is 0.189 e. The summed E-state index contributed by atoms with van der Waals surface area (Å²) in [4.78, 5) is 12.3. The number of nitrogens with zero attached hydrogens (tertiary/aromatic N) is 2. The summed E-state index contributed by atoms with van der Waals surface area (Å²) in [6.07, 6.45) is 6.36. The summed E-state index contributed by atoms with van der Waals surface area (Å²) < 4.78 is 1.74. The number of ketones is 1. The molecule has 0 amide bonds. The highest BCUT2D eigenvalue weighted by atomic mass is 16.1. The van der Waals surface area contributed by atoms with Crippen LogP contribution in [0, 0.1) is 6.92 Å². The molecule has 1 aromatic heterocycles. The Morgan fingerprint density at radius 3 is 2.89 bits per heavy atom. The van der Waals surface area contributed by atoms with E-state index in [1.165, 1.54) is 5.56 Å². The molecule has 0 N–H and O–H groups in total. The van der Waals surface area contributed by atoms with Crippen molar-refractivity contribution in [3.8, 4) is 0 Å². The Labute approximate surface area is 106 Å². The van der Waals surface area contributed by atoms with Crippen molar-refractivity contribution in [2.45, 2.75) is 13.3 Å². The van der Waals surface area contributed by atoms with E-state index in [1.807, 2.05) is 31.5 Å². The number of fused-ring (bicyclic) bond motifs is 1. The van der Waals surface area contributed by atoms with Crippen LogP contribution in [-0.4, -0.2) is 15.6 Å². The fourth-order valence-electron chi connectivity index (χ4n) is 2.43. The second-order valence-corrected chi connectivity index (χ2v) is 4.72. The van der Waals surface area contributed by atoms with Gasteiger partial charge in [-0.3, -0.25) is 9.48 Å². The SMILES string of the molecule is Cc1cccc2c1CC(=Cc1cnn(C)c1)C2=O. The highest BCUT2D eigenvalue weighted by molar-refractivity contribution is 6.15. The van der Waals surface area contributed by atoms with Crippen LogP contribution < -0.4 is 0 Å². The first kappa shape index (κ1) is 11.0. The van der Waals surface area contributed by atoms with Gasteiger partial charge in [-0.1, -0.05) is 18.2 Å². The van der Waals surface area contributed by atoms with E-state index < -0.39 is 0 Å². The second-order valence-electron chi connectivity index (χ2n) is 4.72. The maximum absolute atomic E-state index is 12.3. The standard InChI is InChI=1S/C15H14N2O/c1-10-4-3-5-13-14(10)7-12(15(13)18)6-11-8-16-17(2)9-11/h3-6,8-9H,7H2,1-2H3. The Kier molecular flexibility index (Phi) is 2.40. The number of hydrogen-bond acceptors (Lipinski definition) is 2. The van der Waals surface area contributed by atoms with Gasteiger partial charge in [0.25, 0.3) is 0 Å². The molecule has 0 unspecified atom stereocenters. The highest BCUT2D eigenvalue weighted by Gasteiger charge is 2.25. The number of aryl methyl sites for hydroxylation is 2. The number of rotatable bonds is 1. The quantitative estimate of drug-likeness (QED) is 0.716. The maximum atomic E-state index is 12.3. The van der Waals surface area contributed by atoms with Gasteiger partial charge in [-0.15, -0.1) is 0 Å². The molecule has 1 heterocycles. The predicted octanol–water partition coefficient (Wildman–Crippen LogP) is 2.55. The van der Waals surface area contributed by atoms with Crippen molar-refractivity contribution in [3.63, 3.8) is 0 Å². The minimum absolute atomic E-state index is 0.151. The Bertz CT molecular complexity index is 665. The average Bonchev–Trinajstić information content (AvgIpc) is 2.88.